The van der Waals surface area contributed by atoms with E-state index in [-0.39, 0.29) is 12.1 Å². The quantitative estimate of drug-likeness (QED) is 0.385. The largest absolute Gasteiger partial charge is 0.381 e. The summed E-state index contributed by atoms with van der Waals surface area (Å²) in [6.07, 6.45) is 6.84. The topological polar surface area (TPSA) is 84.0 Å². The average molecular weight is 496 g/mol. The van der Waals surface area contributed by atoms with Crippen LogP contribution in [0.25, 0.3) is 10.9 Å². The minimum Gasteiger partial charge on any atom is -0.381 e. The molecule has 5 rings (SSSR count). The summed E-state index contributed by atoms with van der Waals surface area (Å²) in [7, 11) is 0. The summed E-state index contributed by atoms with van der Waals surface area (Å²) in [6, 6.07) is 8.88. The number of rotatable bonds is 8. The second kappa shape index (κ2) is 9.94. The van der Waals surface area contributed by atoms with Crippen LogP contribution in [-0.2, 0) is 12.1 Å². The molecule has 1 unspecified atom stereocenters. The zero-order valence-corrected chi connectivity index (χ0v) is 20.5. The van der Waals surface area contributed by atoms with E-state index in [1.54, 1.807) is 17.8 Å². The number of aliphatic hydroxyl groups is 1. The number of aromatic nitrogens is 5. The Balaban J connectivity index is 1.46. The molecule has 2 aromatic heterocycles. The summed E-state index contributed by atoms with van der Waals surface area (Å²) in [4.78, 5) is 6.38. The van der Waals surface area contributed by atoms with Crippen molar-refractivity contribution in [2.45, 2.75) is 50.9 Å². The molecule has 190 valence electrons. The first kappa shape index (κ1) is 24.3. The van der Waals surface area contributed by atoms with Crippen molar-refractivity contribution in [2.75, 3.05) is 25.0 Å². The highest BCUT2D eigenvalue weighted by atomic mass is 19.1. The highest BCUT2D eigenvalue weighted by Crippen LogP contribution is 2.38. The second-order valence-electron chi connectivity index (χ2n) is 9.56. The van der Waals surface area contributed by atoms with Gasteiger partial charge in [-0.2, -0.15) is 10.2 Å². The average Bonchev–Trinajstić information content (AvgIpc) is 3.53. The fourth-order valence-electron chi connectivity index (χ4n) is 5.19. The number of benzene rings is 2. The molecule has 4 aromatic rings. The van der Waals surface area contributed by atoms with Crippen molar-refractivity contribution in [3.63, 3.8) is 0 Å². The Hall–Kier alpha value is -3.37. The van der Waals surface area contributed by atoms with Gasteiger partial charge in [0.1, 0.15) is 29.9 Å². The smallest absolute Gasteiger partial charge is 0.137 e. The number of hydrogen-bond acceptors (Lipinski definition) is 6. The third-order valence-electron chi connectivity index (χ3n) is 7.24. The van der Waals surface area contributed by atoms with Crippen LogP contribution in [0, 0.1) is 11.6 Å². The number of nitrogens with zero attached hydrogens (tertiary/aromatic N) is 6. The van der Waals surface area contributed by atoms with E-state index in [1.165, 1.54) is 29.8 Å². The van der Waals surface area contributed by atoms with Crippen molar-refractivity contribution in [3.05, 3.63) is 72.4 Å². The Morgan fingerprint density at radius 2 is 2.06 bits per heavy atom. The van der Waals surface area contributed by atoms with Crippen LogP contribution in [0.1, 0.15) is 38.3 Å². The SMILES string of the molecule is CCN1CCCC(Nc2ccc3c(cnn3[C@H](C)[C@](O)(Cn3cncn3)c3ccc(F)cc3F)c2)C1. The van der Waals surface area contributed by atoms with Gasteiger partial charge in [0.15, 0.2) is 0 Å². The van der Waals surface area contributed by atoms with Gasteiger partial charge in [0.05, 0.1) is 24.3 Å². The van der Waals surface area contributed by atoms with Gasteiger partial charge in [0.2, 0.25) is 0 Å². The van der Waals surface area contributed by atoms with E-state index in [2.05, 4.69) is 32.3 Å². The van der Waals surface area contributed by atoms with Crippen LogP contribution in [0.15, 0.2) is 55.2 Å². The van der Waals surface area contributed by atoms with Gasteiger partial charge in [-0.1, -0.05) is 13.0 Å². The maximum Gasteiger partial charge on any atom is 0.137 e. The molecule has 0 radical (unpaired) electrons. The maximum atomic E-state index is 14.9. The Morgan fingerprint density at radius 1 is 1.19 bits per heavy atom. The van der Waals surface area contributed by atoms with Crippen molar-refractivity contribution < 1.29 is 13.9 Å². The Kier molecular flexibility index (Phi) is 6.72. The second-order valence-corrected chi connectivity index (χ2v) is 9.56. The molecular formula is C26H31F2N7O. The van der Waals surface area contributed by atoms with Crippen LogP contribution >= 0.6 is 0 Å². The standard InChI is InChI=1S/C26H31F2N7O/c1-3-33-10-4-5-22(14-33)32-21-7-9-25-19(11-21)13-30-35(25)18(2)26(36,15-34-17-29-16-31-34)23-8-6-20(27)12-24(23)28/h6-9,11-13,16-18,22,32,36H,3-5,10,14-15H2,1-2H3/t18-,22?,26-/m1/s1. The molecule has 0 saturated carbocycles. The molecule has 1 aliphatic rings. The van der Waals surface area contributed by atoms with E-state index < -0.39 is 23.3 Å². The molecular weight excluding hydrogens is 464 g/mol. The van der Waals surface area contributed by atoms with Gasteiger partial charge in [0.25, 0.3) is 0 Å². The van der Waals surface area contributed by atoms with Gasteiger partial charge in [-0.05, 0) is 57.1 Å². The predicted molar refractivity (Wildman–Crippen MR) is 133 cm³/mol. The van der Waals surface area contributed by atoms with Crippen molar-refractivity contribution in [3.8, 4) is 0 Å². The summed E-state index contributed by atoms with van der Waals surface area (Å²) in [5.74, 6) is -1.54. The van der Waals surface area contributed by atoms with E-state index in [9.17, 15) is 13.9 Å². The van der Waals surface area contributed by atoms with Crippen LogP contribution in [-0.4, -0.2) is 60.2 Å². The van der Waals surface area contributed by atoms with Gasteiger partial charge < -0.3 is 15.3 Å². The molecule has 0 bridgehead atoms. The number of halogens is 2. The summed E-state index contributed by atoms with van der Waals surface area (Å²) >= 11 is 0. The molecule has 2 N–H and O–H groups in total. The molecule has 10 heteroatoms. The number of hydrogen-bond donors (Lipinski definition) is 2. The summed E-state index contributed by atoms with van der Waals surface area (Å²) < 4.78 is 31.7. The number of anilines is 1. The van der Waals surface area contributed by atoms with Crippen molar-refractivity contribution in [1.29, 1.82) is 0 Å². The minimum absolute atomic E-state index is 0.0355. The lowest BCUT2D eigenvalue weighted by Crippen LogP contribution is -2.41. The first-order valence-electron chi connectivity index (χ1n) is 12.3. The van der Waals surface area contributed by atoms with Crippen molar-refractivity contribution >= 4 is 16.6 Å². The van der Waals surface area contributed by atoms with E-state index in [4.69, 9.17) is 0 Å². The molecule has 0 amide bonds. The molecule has 2 aromatic carbocycles. The summed E-state index contributed by atoms with van der Waals surface area (Å²) in [6.45, 7) is 7.07. The highest BCUT2D eigenvalue weighted by Gasteiger charge is 2.41. The lowest BCUT2D eigenvalue weighted by Gasteiger charge is -2.35. The fourth-order valence-corrected chi connectivity index (χ4v) is 5.19. The molecule has 1 saturated heterocycles. The Labute approximate surface area is 208 Å². The number of nitrogens with one attached hydrogen (secondary N) is 1. The van der Waals surface area contributed by atoms with Gasteiger partial charge in [-0.25, -0.2) is 18.4 Å². The summed E-state index contributed by atoms with van der Waals surface area (Å²) in [5, 5.41) is 25.1. The summed E-state index contributed by atoms with van der Waals surface area (Å²) in [5.41, 5.74) is -0.00860. The first-order chi connectivity index (χ1) is 17.4. The van der Waals surface area contributed by atoms with Crippen molar-refractivity contribution in [2.24, 2.45) is 0 Å². The predicted octanol–water partition coefficient (Wildman–Crippen LogP) is 3.95. The van der Waals surface area contributed by atoms with Crippen LogP contribution in [0.4, 0.5) is 14.5 Å². The van der Waals surface area contributed by atoms with E-state index in [0.29, 0.717) is 6.04 Å². The molecule has 36 heavy (non-hydrogen) atoms. The molecule has 0 spiro atoms. The van der Waals surface area contributed by atoms with Crippen molar-refractivity contribution in [1.82, 2.24) is 29.4 Å². The molecule has 1 aliphatic heterocycles. The molecule has 3 atom stereocenters. The lowest BCUT2D eigenvalue weighted by atomic mass is 9.86. The van der Waals surface area contributed by atoms with E-state index in [0.717, 1.165) is 54.8 Å². The van der Waals surface area contributed by atoms with E-state index in [1.807, 2.05) is 18.2 Å². The monoisotopic (exact) mass is 495 g/mol. The third kappa shape index (κ3) is 4.70. The third-order valence-corrected chi connectivity index (χ3v) is 7.24. The Bertz CT molecular complexity index is 1330. The van der Waals surface area contributed by atoms with E-state index >= 15 is 0 Å². The first-order valence-corrected chi connectivity index (χ1v) is 12.3. The minimum atomic E-state index is -1.78. The molecule has 3 heterocycles. The van der Waals surface area contributed by atoms with Gasteiger partial charge in [0, 0.05) is 35.3 Å². The highest BCUT2D eigenvalue weighted by molar-refractivity contribution is 5.82. The fraction of sp³-hybridized carbons (Fsp3) is 0.423. The van der Waals surface area contributed by atoms with Crippen LogP contribution in [0.3, 0.4) is 0 Å². The van der Waals surface area contributed by atoms with Crippen LogP contribution in [0.2, 0.25) is 0 Å². The number of likely N-dealkylation sites (tertiary alicyclic amines) is 1. The molecule has 0 aliphatic carbocycles. The van der Waals surface area contributed by atoms with Crippen LogP contribution in [0.5, 0.6) is 0 Å². The number of fused-ring (bicyclic) bond motifs is 1. The molecule has 8 nitrogen and oxygen atoms in total. The maximum absolute atomic E-state index is 14.9. The zero-order chi connectivity index (χ0) is 25.3. The van der Waals surface area contributed by atoms with Gasteiger partial charge >= 0.3 is 0 Å². The van der Waals surface area contributed by atoms with Gasteiger partial charge in [-0.15, -0.1) is 0 Å². The molecule has 1 fully saturated rings. The number of piperidine rings is 1. The Morgan fingerprint density at radius 3 is 2.81 bits per heavy atom. The normalized spacial score (nSPS) is 19.3. The van der Waals surface area contributed by atoms with Gasteiger partial charge in [-0.3, -0.25) is 4.68 Å². The van der Waals surface area contributed by atoms with Crippen LogP contribution < -0.4 is 5.32 Å². The lowest BCUT2D eigenvalue weighted by molar-refractivity contribution is -0.0354. The zero-order valence-electron chi connectivity index (χ0n) is 20.5. The number of likely N-dealkylation sites (N-methyl/N-ethyl adjacent to an activating group) is 1.